The molecule has 0 spiro atoms. The van der Waals surface area contributed by atoms with E-state index in [-0.39, 0.29) is 18.9 Å². The maximum atomic E-state index is 12.6. The number of fused-ring (bicyclic) bond motifs is 1. The molecule has 1 aliphatic rings. The topological polar surface area (TPSA) is 88.5 Å². The SMILES string of the molecule is COC1CC(NC(=O)c2ccc(C)c3cccnc23)(C(=O)O)C1. The van der Waals surface area contributed by atoms with Crippen molar-refractivity contribution in [3.63, 3.8) is 0 Å². The fourth-order valence-electron chi connectivity index (χ4n) is 3.00. The molecular weight excluding hydrogens is 296 g/mol. The molecule has 1 fully saturated rings. The quantitative estimate of drug-likeness (QED) is 0.900. The first-order chi connectivity index (χ1) is 11.0. The van der Waals surface area contributed by atoms with Crippen LogP contribution in [-0.2, 0) is 9.53 Å². The molecule has 1 heterocycles. The summed E-state index contributed by atoms with van der Waals surface area (Å²) in [6.45, 7) is 1.94. The molecule has 0 saturated heterocycles. The minimum absolute atomic E-state index is 0.140. The summed E-state index contributed by atoms with van der Waals surface area (Å²) in [4.78, 5) is 28.5. The lowest BCUT2D eigenvalue weighted by atomic mass is 9.74. The Balaban J connectivity index is 1.92. The number of methoxy groups -OCH3 is 1. The van der Waals surface area contributed by atoms with Gasteiger partial charge in [0.25, 0.3) is 5.91 Å². The van der Waals surface area contributed by atoms with Gasteiger partial charge in [-0.3, -0.25) is 9.78 Å². The summed E-state index contributed by atoms with van der Waals surface area (Å²) in [5.74, 6) is -1.46. The third kappa shape index (κ3) is 2.55. The van der Waals surface area contributed by atoms with Gasteiger partial charge in [0.05, 0.1) is 17.2 Å². The molecule has 2 aromatic rings. The van der Waals surface area contributed by atoms with Gasteiger partial charge in [0.1, 0.15) is 5.54 Å². The van der Waals surface area contributed by atoms with E-state index < -0.39 is 17.4 Å². The molecule has 6 nitrogen and oxygen atoms in total. The number of carboxylic acids is 1. The van der Waals surface area contributed by atoms with Crippen LogP contribution in [0.1, 0.15) is 28.8 Å². The van der Waals surface area contributed by atoms with E-state index in [1.54, 1.807) is 12.3 Å². The molecule has 0 unspecified atom stereocenters. The normalized spacial score (nSPS) is 23.3. The van der Waals surface area contributed by atoms with Gasteiger partial charge in [0.15, 0.2) is 0 Å². The van der Waals surface area contributed by atoms with Crippen molar-refractivity contribution < 1.29 is 19.4 Å². The predicted octanol–water partition coefficient (Wildman–Crippen LogP) is 1.91. The van der Waals surface area contributed by atoms with Crippen LogP contribution in [0.15, 0.2) is 30.5 Å². The molecule has 0 bridgehead atoms. The van der Waals surface area contributed by atoms with Crippen molar-refractivity contribution in [3.8, 4) is 0 Å². The summed E-state index contributed by atoms with van der Waals surface area (Å²) in [6, 6.07) is 7.23. The highest BCUT2D eigenvalue weighted by molar-refractivity contribution is 6.07. The summed E-state index contributed by atoms with van der Waals surface area (Å²) < 4.78 is 5.14. The zero-order valence-electron chi connectivity index (χ0n) is 13.0. The van der Waals surface area contributed by atoms with Crippen molar-refractivity contribution in [2.45, 2.75) is 31.4 Å². The maximum Gasteiger partial charge on any atom is 0.329 e. The largest absolute Gasteiger partial charge is 0.480 e. The monoisotopic (exact) mass is 314 g/mol. The lowest BCUT2D eigenvalue weighted by molar-refractivity contribution is -0.155. The van der Waals surface area contributed by atoms with Crippen molar-refractivity contribution >= 4 is 22.8 Å². The van der Waals surface area contributed by atoms with Crippen LogP contribution in [0, 0.1) is 6.92 Å². The molecule has 1 saturated carbocycles. The van der Waals surface area contributed by atoms with Gasteiger partial charge < -0.3 is 15.2 Å². The van der Waals surface area contributed by atoms with Gasteiger partial charge in [-0.05, 0) is 24.6 Å². The number of pyridine rings is 1. The Labute approximate surface area is 133 Å². The summed E-state index contributed by atoms with van der Waals surface area (Å²) >= 11 is 0. The van der Waals surface area contributed by atoms with Crippen LogP contribution in [-0.4, -0.2) is 40.7 Å². The van der Waals surface area contributed by atoms with Crippen LogP contribution in [0.2, 0.25) is 0 Å². The number of benzene rings is 1. The third-order valence-electron chi connectivity index (χ3n) is 4.48. The minimum Gasteiger partial charge on any atom is -0.480 e. The van der Waals surface area contributed by atoms with Crippen LogP contribution in [0.5, 0.6) is 0 Å². The standard InChI is InChI=1S/C17H18N2O4/c1-10-5-6-13(14-12(10)4-3-7-18-14)15(20)19-17(16(21)22)8-11(9-17)23-2/h3-7,11H,8-9H2,1-2H3,(H,19,20)(H,21,22). The molecule has 3 rings (SSSR count). The first-order valence-corrected chi connectivity index (χ1v) is 7.40. The Morgan fingerprint density at radius 3 is 2.74 bits per heavy atom. The van der Waals surface area contributed by atoms with Crippen LogP contribution in [0.3, 0.4) is 0 Å². The molecule has 2 N–H and O–H groups in total. The fourth-order valence-corrected chi connectivity index (χ4v) is 3.00. The number of amides is 1. The molecule has 1 aliphatic carbocycles. The van der Waals surface area contributed by atoms with Crippen LogP contribution < -0.4 is 5.32 Å². The first kappa shape index (κ1) is 15.4. The smallest absolute Gasteiger partial charge is 0.329 e. The molecule has 1 aromatic carbocycles. The average Bonchev–Trinajstić information content (AvgIpc) is 2.50. The Hall–Kier alpha value is -2.47. The maximum absolute atomic E-state index is 12.6. The highest BCUT2D eigenvalue weighted by atomic mass is 16.5. The van der Waals surface area contributed by atoms with E-state index in [9.17, 15) is 14.7 Å². The third-order valence-corrected chi connectivity index (χ3v) is 4.48. The van der Waals surface area contributed by atoms with E-state index in [1.807, 2.05) is 25.1 Å². The molecule has 6 heteroatoms. The minimum atomic E-state index is -1.26. The number of hydrogen-bond donors (Lipinski definition) is 2. The van der Waals surface area contributed by atoms with Crippen molar-refractivity contribution in [3.05, 3.63) is 41.6 Å². The number of nitrogens with one attached hydrogen (secondary N) is 1. The molecule has 0 aliphatic heterocycles. The van der Waals surface area contributed by atoms with Crippen molar-refractivity contribution in [1.82, 2.24) is 10.3 Å². The Kier molecular flexibility index (Phi) is 3.77. The zero-order chi connectivity index (χ0) is 16.6. The van der Waals surface area contributed by atoms with Gasteiger partial charge in [-0.15, -0.1) is 0 Å². The van der Waals surface area contributed by atoms with Crippen molar-refractivity contribution in [2.24, 2.45) is 0 Å². The summed E-state index contributed by atoms with van der Waals surface area (Å²) in [5.41, 5.74) is 0.713. The second kappa shape index (κ2) is 5.62. The van der Waals surface area contributed by atoms with Gasteiger partial charge in [-0.2, -0.15) is 0 Å². The lowest BCUT2D eigenvalue weighted by Crippen LogP contribution is -2.64. The summed E-state index contributed by atoms with van der Waals surface area (Å²) in [7, 11) is 1.54. The molecule has 120 valence electrons. The van der Waals surface area contributed by atoms with Gasteiger partial charge >= 0.3 is 5.97 Å². The molecule has 0 radical (unpaired) electrons. The highest BCUT2D eigenvalue weighted by Gasteiger charge is 2.52. The Bertz CT molecular complexity index is 781. The van der Waals surface area contributed by atoms with Gasteiger partial charge in [-0.25, -0.2) is 4.79 Å². The lowest BCUT2D eigenvalue weighted by Gasteiger charge is -2.43. The van der Waals surface area contributed by atoms with Gasteiger partial charge in [0, 0.05) is 31.5 Å². The van der Waals surface area contributed by atoms with Crippen molar-refractivity contribution in [1.29, 1.82) is 0 Å². The predicted molar refractivity (Wildman–Crippen MR) is 84.3 cm³/mol. The van der Waals surface area contributed by atoms with E-state index in [2.05, 4.69) is 10.3 Å². The number of hydrogen-bond acceptors (Lipinski definition) is 4. The Morgan fingerprint density at radius 2 is 2.09 bits per heavy atom. The second-order valence-corrected chi connectivity index (χ2v) is 5.94. The van der Waals surface area contributed by atoms with E-state index in [1.165, 1.54) is 7.11 Å². The van der Waals surface area contributed by atoms with E-state index in [0.717, 1.165) is 10.9 Å². The number of carbonyl (C=O) groups excluding carboxylic acids is 1. The van der Waals surface area contributed by atoms with Gasteiger partial charge in [0.2, 0.25) is 0 Å². The van der Waals surface area contributed by atoms with E-state index >= 15 is 0 Å². The number of carbonyl (C=O) groups is 2. The fraction of sp³-hybridized carbons (Fsp3) is 0.353. The van der Waals surface area contributed by atoms with Crippen LogP contribution in [0.25, 0.3) is 10.9 Å². The number of aromatic nitrogens is 1. The number of carboxylic acid groups (broad SMARTS) is 1. The number of rotatable bonds is 4. The summed E-state index contributed by atoms with van der Waals surface area (Å²) in [6.07, 6.45) is 2.01. The number of nitrogens with zero attached hydrogens (tertiary/aromatic N) is 1. The van der Waals surface area contributed by atoms with Crippen LogP contribution >= 0.6 is 0 Å². The summed E-state index contributed by atoms with van der Waals surface area (Å²) in [5, 5.41) is 13.0. The molecule has 1 amide bonds. The van der Waals surface area contributed by atoms with Crippen LogP contribution in [0.4, 0.5) is 0 Å². The molecule has 23 heavy (non-hydrogen) atoms. The number of aliphatic carboxylic acids is 1. The van der Waals surface area contributed by atoms with Crippen molar-refractivity contribution in [2.75, 3.05) is 7.11 Å². The molecule has 1 aromatic heterocycles. The zero-order valence-corrected chi connectivity index (χ0v) is 13.0. The first-order valence-electron chi connectivity index (χ1n) is 7.40. The average molecular weight is 314 g/mol. The highest BCUT2D eigenvalue weighted by Crippen LogP contribution is 2.35. The molecule has 0 atom stereocenters. The number of aryl methyl sites for hydroxylation is 1. The second-order valence-electron chi connectivity index (χ2n) is 5.94. The Morgan fingerprint density at radius 1 is 1.35 bits per heavy atom. The van der Waals surface area contributed by atoms with Gasteiger partial charge in [-0.1, -0.05) is 12.1 Å². The molecular formula is C17H18N2O4. The van der Waals surface area contributed by atoms with E-state index in [4.69, 9.17) is 4.74 Å². The number of ether oxygens (including phenoxy) is 1. The van der Waals surface area contributed by atoms with E-state index in [0.29, 0.717) is 11.1 Å².